The first-order valence-electron chi connectivity index (χ1n) is 7.16. The van der Waals surface area contributed by atoms with Gasteiger partial charge in [0.2, 0.25) is 5.19 Å². The Bertz CT molecular complexity index is 369. The summed E-state index contributed by atoms with van der Waals surface area (Å²) in [6.45, 7) is 18.5. The molecule has 1 rings (SSSR count). The van der Waals surface area contributed by atoms with Crippen molar-refractivity contribution in [2.45, 2.75) is 79.6 Å². The van der Waals surface area contributed by atoms with Crippen LogP contribution in [0.2, 0.25) is 0 Å². The summed E-state index contributed by atoms with van der Waals surface area (Å²) in [5.41, 5.74) is -0.110. The van der Waals surface area contributed by atoms with E-state index in [0.717, 1.165) is 0 Å². The summed E-state index contributed by atoms with van der Waals surface area (Å²) in [6.07, 6.45) is 0. The summed E-state index contributed by atoms with van der Waals surface area (Å²) in [6, 6.07) is 2.43. The molecule has 0 aliphatic carbocycles. The van der Waals surface area contributed by atoms with E-state index in [0.29, 0.717) is 24.2 Å². The predicted molar refractivity (Wildman–Crippen MR) is 101 cm³/mol. The van der Waals surface area contributed by atoms with Crippen LogP contribution in [0, 0.1) is 0 Å². The molecule has 0 saturated heterocycles. The van der Waals surface area contributed by atoms with Crippen LogP contribution in [-0.4, -0.2) is 44.0 Å². The number of hydrogen-bond donors (Lipinski definition) is 0. The molecular formula is C14H28IN2P2+. The van der Waals surface area contributed by atoms with Crippen molar-refractivity contribution >= 4 is 46.2 Å². The van der Waals surface area contributed by atoms with Crippen molar-refractivity contribution < 1.29 is 4.58 Å². The van der Waals surface area contributed by atoms with Crippen molar-refractivity contribution in [1.82, 2.24) is 4.90 Å². The van der Waals surface area contributed by atoms with E-state index in [1.54, 1.807) is 10.4 Å². The predicted octanol–water partition coefficient (Wildman–Crippen LogP) is 5.17. The fourth-order valence-electron chi connectivity index (χ4n) is 2.66. The smallest absolute Gasteiger partial charge is 0.239 e. The molecule has 0 bridgehead atoms. The molecule has 0 aromatic carbocycles. The lowest BCUT2D eigenvalue weighted by Gasteiger charge is -2.37. The van der Waals surface area contributed by atoms with E-state index >= 15 is 0 Å². The highest BCUT2D eigenvalue weighted by molar-refractivity contribution is 14.2. The van der Waals surface area contributed by atoms with Crippen LogP contribution in [0.15, 0.2) is 0 Å². The minimum atomic E-state index is -0.110. The molecule has 110 valence electrons. The van der Waals surface area contributed by atoms with E-state index in [-0.39, 0.29) is 5.56 Å². The van der Waals surface area contributed by atoms with Gasteiger partial charge in [0.1, 0.15) is 17.6 Å². The Hall–Kier alpha value is 0.960. The van der Waals surface area contributed by atoms with Crippen molar-refractivity contribution in [3.8, 4) is 0 Å². The van der Waals surface area contributed by atoms with Crippen LogP contribution < -0.4 is 0 Å². The van der Waals surface area contributed by atoms with Crippen LogP contribution in [0.3, 0.4) is 0 Å². The molecule has 0 radical (unpaired) electrons. The third-order valence-electron chi connectivity index (χ3n) is 3.24. The fraction of sp³-hybridized carbons (Fsp3) is 0.857. The van der Waals surface area contributed by atoms with Crippen molar-refractivity contribution in [3.63, 3.8) is 0 Å². The Labute approximate surface area is 135 Å². The highest BCUT2D eigenvalue weighted by Crippen LogP contribution is 2.63. The molecule has 0 fully saturated rings. The minimum Gasteiger partial charge on any atom is -0.264 e. The van der Waals surface area contributed by atoms with Crippen LogP contribution in [0.25, 0.3) is 0 Å². The Kier molecular flexibility index (Phi) is 6.91. The zero-order chi connectivity index (χ0) is 14.9. The van der Waals surface area contributed by atoms with E-state index in [4.69, 9.17) is 0 Å². The molecule has 0 N–H and O–H groups in total. The first-order chi connectivity index (χ1) is 8.68. The second kappa shape index (κ2) is 7.29. The van der Waals surface area contributed by atoms with Gasteiger partial charge in [-0.2, -0.15) is 0 Å². The quantitative estimate of drug-likeness (QED) is 0.343. The first-order valence-corrected chi connectivity index (χ1v) is 12.2. The molecule has 19 heavy (non-hydrogen) atoms. The van der Waals surface area contributed by atoms with Gasteiger partial charge >= 0.3 is 0 Å². The molecule has 2 nitrogen and oxygen atoms in total. The molecule has 5 heteroatoms. The van der Waals surface area contributed by atoms with E-state index in [9.17, 15) is 0 Å². The van der Waals surface area contributed by atoms with E-state index in [2.05, 4.69) is 86.9 Å². The molecule has 0 amide bonds. The van der Waals surface area contributed by atoms with Crippen LogP contribution in [0.5, 0.6) is 0 Å². The van der Waals surface area contributed by atoms with Gasteiger partial charge in [-0.3, -0.25) is 4.90 Å². The van der Waals surface area contributed by atoms with Crippen molar-refractivity contribution in [2.75, 3.05) is 0 Å². The molecule has 1 aliphatic heterocycles. The van der Waals surface area contributed by atoms with E-state index < -0.39 is 0 Å². The third-order valence-corrected chi connectivity index (χ3v) is 12.1. The second-order valence-corrected chi connectivity index (χ2v) is 12.3. The number of hydrogen-bond acceptors (Lipinski definition) is 1. The van der Waals surface area contributed by atoms with Crippen LogP contribution in [0.1, 0.15) is 55.4 Å². The highest BCUT2D eigenvalue weighted by atomic mass is 127. The van der Waals surface area contributed by atoms with Gasteiger partial charge in [-0.05, 0) is 77.4 Å². The maximum atomic E-state index is 2.68. The molecule has 0 saturated carbocycles. The average molecular weight is 413 g/mol. The summed E-state index contributed by atoms with van der Waals surface area (Å²) < 4.78 is 2.61. The molecular weight excluding hydrogens is 385 g/mol. The Morgan fingerprint density at radius 2 is 1.37 bits per heavy atom. The number of halogens is 1. The largest absolute Gasteiger partial charge is 0.264 e. The molecule has 1 unspecified atom stereocenters. The Balaban J connectivity index is 3.12. The van der Waals surface area contributed by atoms with Crippen LogP contribution in [-0.2, 0) is 0 Å². The zero-order valence-electron chi connectivity index (χ0n) is 13.5. The van der Waals surface area contributed by atoms with Crippen LogP contribution >= 0.6 is 35.8 Å². The zero-order valence-corrected chi connectivity index (χ0v) is 17.4. The number of rotatable bonds is 5. The van der Waals surface area contributed by atoms with Crippen molar-refractivity contribution in [2.24, 2.45) is 0 Å². The fourth-order valence-corrected chi connectivity index (χ4v) is 10.1. The van der Waals surface area contributed by atoms with E-state index in [1.807, 2.05) is 0 Å². The summed E-state index contributed by atoms with van der Waals surface area (Å²) in [7, 11) is 1.47. The molecule has 1 atom stereocenters. The minimum absolute atomic E-state index is 0.110. The summed E-state index contributed by atoms with van der Waals surface area (Å²) in [5.74, 6) is 0. The molecule has 0 spiro atoms. The SMILES string of the molecule is CC(C)N(C1=PC(=[N+](C(C)C)C(C)C)P1I)C(C)C. The molecule has 0 aromatic rings. The van der Waals surface area contributed by atoms with Gasteiger partial charge in [0, 0.05) is 20.3 Å². The molecule has 0 aromatic heterocycles. The molecule has 1 aliphatic rings. The van der Waals surface area contributed by atoms with Gasteiger partial charge < -0.3 is 0 Å². The second-order valence-electron chi connectivity index (χ2n) is 6.18. The topological polar surface area (TPSA) is 6.25 Å². The van der Waals surface area contributed by atoms with Gasteiger partial charge in [0.05, 0.1) is 5.16 Å². The Morgan fingerprint density at radius 3 is 1.63 bits per heavy atom. The van der Waals surface area contributed by atoms with Crippen molar-refractivity contribution in [1.29, 1.82) is 0 Å². The lowest BCUT2D eigenvalue weighted by Crippen LogP contribution is -2.44. The Morgan fingerprint density at radius 1 is 0.947 bits per heavy atom. The van der Waals surface area contributed by atoms with E-state index in [1.165, 1.54) is 8.20 Å². The normalized spacial score (nSPS) is 20.6. The molecule has 1 heterocycles. The van der Waals surface area contributed by atoms with Gasteiger partial charge in [-0.1, -0.05) is 0 Å². The first kappa shape index (κ1) is 18.0. The van der Waals surface area contributed by atoms with Gasteiger partial charge in [-0.15, -0.1) is 0 Å². The standard InChI is InChI=1S/C14H28IN2P2/c1-9(2)16(10(3)4)13-18-14(19(13)15)17(11(5)6)12(7)8/h9-12H,1-8H3/q+1. The van der Waals surface area contributed by atoms with Crippen LogP contribution in [0.4, 0.5) is 0 Å². The highest BCUT2D eigenvalue weighted by Gasteiger charge is 2.41. The lowest BCUT2D eigenvalue weighted by atomic mass is 10.2. The maximum absolute atomic E-state index is 2.68. The summed E-state index contributed by atoms with van der Waals surface area (Å²) in [5, 5.41) is 3.31. The maximum Gasteiger partial charge on any atom is 0.239 e. The monoisotopic (exact) mass is 413 g/mol. The average Bonchev–Trinajstić information content (AvgIpc) is 2.24. The lowest BCUT2D eigenvalue weighted by molar-refractivity contribution is -0.583. The summed E-state index contributed by atoms with van der Waals surface area (Å²) in [4.78, 5) is 2.61. The third kappa shape index (κ3) is 3.99. The van der Waals surface area contributed by atoms with Gasteiger partial charge in [0.25, 0.3) is 0 Å². The van der Waals surface area contributed by atoms with Gasteiger partial charge in [-0.25, -0.2) is 4.58 Å². The van der Waals surface area contributed by atoms with Crippen molar-refractivity contribution in [3.05, 3.63) is 0 Å². The van der Waals surface area contributed by atoms with Gasteiger partial charge in [0.15, 0.2) is 0 Å². The number of nitrogens with zero attached hydrogens (tertiary/aromatic N) is 2. The summed E-state index contributed by atoms with van der Waals surface area (Å²) >= 11 is 2.68.